The van der Waals surface area contributed by atoms with E-state index in [-0.39, 0.29) is 0 Å². The van der Waals surface area contributed by atoms with Crippen LogP contribution in [0.1, 0.15) is 33.1 Å². The van der Waals surface area contributed by atoms with Gasteiger partial charge in [-0.2, -0.15) is 0 Å². The minimum atomic E-state index is 1.21. The van der Waals surface area contributed by atoms with Gasteiger partial charge in [-0.25, -0.2) is 0 Å². The molecule has 0 saturated heterocycles. The van der Waals surface area contributed by atoms with Crippen LogP contribution in [0.15, 0.2) is 23.5 Å². The van der Waals surface area contributed by atoms with Crippen LogP contribution < -0.4 is 5.32 Å². The maximum atomic E-state index is 3.30. The lowest BCUT2D eigenvalue weighted by atomic mass is 10.1. The van der Waals surface area contributed by atoms with Crippen LogP contribution in [0.25, 0.3) is 0 Å². The third kappa shape index (κ3) is 2.26. The standard InChI is InChI=1S/C9H15N/c1-8-6-4-3-5-7-9(2)10-8/h6-7,10H,3-5H2,1-2H3/b8-6-,9-7+. The number of hydrogen-bond donors (Lipinski definition) is 1. The molecule has 1 aliphatic rings. The number of rotatable bonds is 0. The van der Waals surface area contributed by atoms with Crippen LogP contribution in [0, 0.1) is 0 Å². The van der Waals surface area contributed by atoms with Gasteiger partial charge in [0.1, 0.15) is 0 Å². The van der Waals surface area contributed by atoms with Gasteiger partial charge in [-0.1, -0.05) is 12.2 Å². The highest BCUT2D eigenvalue weighted by molar-refractivity contribution is 5.09. The predicted octanol–water partition coefficient (Wildman–Crippen LogP) is 2.57. The summed E-state index contributed by atoms with van der Waals surface area (Å²) in [5.41, 5.74) is 2.57. The first-order valence-corrected chi connectivity index (χ1v) is 3.89. The van der Waals surface area contributed by atoms with E-state index in [9.17, 15) is 0 Å². The molecular weight excluding hydrogens is 122 g/mol. The van der Waals surface area contributed by atoms with Crippen molar-refractivity contribution in [3.8, 4) is 0 Å². The second-order valence-electron chi connectivity index (χ2n) is 2.83. The Balaban J connectivity index is 2.57. The number of allylic oxidation sites excluding steroid dienone is 4. The Morgan fingerprint density at radius 2 is 1.60 bits per heavy atom. The van der Waals surface area contributed by atoms with Crippen LogP contribution >= 0.6 is 0 Å². The van der Waals surface area contributed by atoms with E-state index in [1.54, 1.807) is 0 Å². The largest absolute Gasteiger partial charge is 0.363 e. The summed E-state index contributed by atoms with van der Waals surface area (Å²) < 4.78 is 0. The Labute approximate surface area is 62.8 Å². The van der Waals surface area contributed by atoms with Crippen molar-refractivity contribution in [1.29, 1.82) is 0 Å². The number of nitrogens with one attached hydrogen (secondary N) is 1. The van der Waals surface area contributed by atoms with Crippen molar-refractivity contribution in [3.05, 3.63) is 23.5 Å². The van der Waals surface area contributed by atoms with Gasteiger partial charge in [-0.15, -0.1) is 0 Å². The third-order valence-corrected chi connectivity index (χ3v) is 1.70. The smallest absolute Gasteiger partial charge is 0.00763 e. The Kier molecular flexibility index (Phi) is 2.55. The highest BCUT2D eigenvalue weighted by Crippen LogP contribution is 2.07. The first-order chi connectivity index (χ1) is 4.79. The monoisotopic (exact) mass is 137 g/mol. The second kappa shape index (κ2) is 3.45. The van der Waals surface area contributed by atoms with Crippen LogP contribution in [0.3, 0.4) is 0 Å². The molecule has 1 heterocycles. The van der Waals surface area contributed by atoms with Crippen molar-refractivity contribution in [2.45, 2.75) is 33.1 Å². The Bertz CT molecular complexity index is 148. The van der Waals surface area contributed by atoms with Gasteiger partial charge in [0.05, 0.1) is 0 Å². The topological polar surface area (TPSA) is 12.0 Å². The molecule has 1 rings (SSSR count). The maximum Gasteiger partial charge on any atom is 0.00763 e. The molecular formula is C9H15N. The van der Waals surface area contributed by atoms with Crippen molar-refractivity contribution >= 4 is 0 Å². The van der Waals surface area contributed by atoms with Gasteiger partial charge in [0, 0.05) is 11.4 Å². The molecule has 10 heavy (non-hydrogen) atoms. The van der Waals surface area contributed by atoms with Crippen molar-refractivity contribution in [2.75, 3.05) is 0 Å². The summed E-state index contributed by atoms with van der Waals surface area (Å²) in [5.74, 6) is 0. The molecule has 1 N–H and O–H groups in total. The van der Waals surface area contributed by atoms with Crippen molar-refractivity contribution in [2.24, 2.45) is 0 Å². The fourth-order valence-corrected chi connectivity index (χ4v) is 1.17. The van der Waals surface area contributed by atoms with Gasteiger partial charge in [0.25, 0.3) is 0 Å². The summed E-state index contributed by atoms with van der Waals surface area (Å²) in [5, 5.41) is 3.30. The van der Waals surface area contributed by atoms with E-state index < -0.39 is 0 Å². The van der Waals surface area contributed by atoms with Gasteiger partial charge in [-0.05, 0) is 33.1 Å². The Morgan fingerprint density at radius 3 is 2.10 bits per heavy atom. The van der Waals surface area contributed by atoms with Crippen molar-refractivity contribution in [3.63, 3.8) is 0 Å². The molecule has 1 nitrogen and oxygen atoms in total. The van der Waals surface area contributed by atoms with Crippen molar-refractivity contribution < 1.29 is 0 Å². The van der Waals surface area contributed by atoms with Gasteiger partial charge < -0.3 is 5.32 Å². The zero-order chi connectivity index (χ0) is 7.40. The van der Waals surface area contributed by atoms with Crippen LogP contribution in [0.5, 0.6) is 0 Å². The van der Waals surface area contributed by atoms with Crippen LogP contribution in [0.2, 0.25) is 0 Å². The molecule has 1 aliphatic heterocycles. The van der Waals surface area contributed by atoms with E-state index >= 15 is 0 Å². The van der Waals surface area contributed by atoms with E-state index in [1.807, 2.05) is 0 Å². The molecule has 0 aromatic heterocycles. The second-order valence-corrected chi connectivity index (χ2v) is 2.83. The van der Waals surface area contributed by atoms with Crippen molar-refractivity contribution in [1.82, 2.24) is 5.32 Å². The summed E-state index contributed by atoms with van der Waals surface area (Å²) in [7, 11) is 0. The molecule has 0 radical (unpaired) electrons. The van der Waals surface area contributed by atoms with Gasteiger partial charge in [-0.3, -0.25) is 0 Å². The lowest BCUT2D eigenvalue weighted by Crippen LogP contribution is -2.08. The highest BCUT2D eigenvalue weighted by Gasteiger charge is 1.93. The molecule has 0 aromatic rings. The van der Waals surface area contributed by atoms with Crippen LogP contribution in [-0.4, -0.2) is 0 Å². The Hall–Kier alpha value is -0.720. The molecule has 0 saturated carbocycles. The minimum absolute atomic E-state index is 1.21. The summed E-state index contributed by atoms with van der Waals surface area (Å²) in [6.07, 6.45) is 8.23. The third-order valence-electron chi connectivity index (χ3n) is 1.70. The molecule has 0 fully saturated rings. The lowest BCUT2D eigenvalue weighted by Gasteiger charge is -2.09. The SMILES string of the molecule is C/C1=C/CCC/C=C(\C)N1. The van der Waals surface area contributed by atoms with E-state index in [1.165, 1.54) is 30.7 Å². The predicted molar refractivity (Wildman–Crippen MR) is 44.5 cm³/mol. The van der Waals surface area contributed by atoms with E-state index in [2.05, 4.69) is 31.3 Å². The normalized spacial score (nSPS) is 30.2. The first-order valence-electron chi connectivity index (χ1n) is 3.89. The Morgan fingerprint density at radius 1 is 1.10 bits per heavy atom. The fraction of sp³-hybridized carbons (Fsp3) is 0.556. The zero-order valence-electron chi connectivity index (χ0n) is 6.78. The average Bonchev–Trinajstić information content (AvgIpc) is 1.83. The van der Waals surface area contributed by atoms with Gasteiger partial charge in [0.15, 0.2) is 0 Å². The van der Waals surface area contributed by atoms with Gasteiger partial charge >= 0.3 is 0 Å². The molecule has 0 unspecified atom stereocenters. The van der Waals surface area contributed by atoms with Gasteiger partial charge in [0.2, 0.25) is 0 Å². The lowest BCUT2D eigenvalue weighted by molar-refractivity contribution is 0.808. The molecule has 56 valence electrons. The average molecular weight is 137 g/mol. The quantitative estimate of drug-likeness (QED) is 0.541. The molecule has 0 spiro atoms. The molecule has 0 atom stereocenters. The summed E-state index contributed by atoms with van der Waals surface area (Å²) in [6.45, 7) is 4.23. The zero-order valence-corrected chi connectivity index (χ0v) is 6.78. The van der Waals surface area contributed by atoms with E-state index in [0.29, 0.717) is 0 Å². The summed E-state index contributed by atoms with van der Waals surface area (Å²) in [4.78, 5) is 0. The number of hydrogen-bond acceptors (Lipinski definition) is 1. The van der Waals surface area contributed by atoms with E-state index in [0.717, 1.165) is 0 Å². The minimum Gasteiger partial charge on any atom is -0.363 e. The van der Waals surface area contributed by atoms with Crippen LogP contribution in [-0.2, 0) is 0 Å². The van der Waals surface area contributed by atoms with Crippen LogP contribution in [0.4, 0.5) is 0 Å². The summed E-state index contributed by atoms with van der Waals surface area (Å²) >= 11 is 0. The fourth-order valence-electron chi connectivity index (χ4n) is 1.17. The van der Waals surface area contributed by atoms with E-state index in [4.69, 9.17) is 0 Å². The highest BCUT2D eigenvalue weighted by atomic mass is 14.9. The molecule has 0 aromatic carbocycles. The molecule has 0 amide bonds. The first kappa shape index (κ1) is 7.39. The molecule has 0 aliphatic carbocycles. The summed E-state index contributed by atoms with van der Waals surface area (Å²) in [6, 6.07) is 0. The molecule has 0 bridgehead atoms. The maximum absolute atomic E-state index is 3.30. The molecule has 1 heteroatoms.